The van der Waals surface area contributed by atoms with Crippen molar-refractivity contribution in [2.24, 2.45) is 10.7 Å². The molecule has 0 saturated heterocycles. The normalized spacial score (nSPS) is 20.2. The van der Waals surface area contributed by atoms with Crippen LogP contribution in [0.4, 0.5) is 0 Å². The molecule has 0 unspecified atom stereocenters. The number of rotatable bonds is 1. The number of nitrogens with two attached hydrogens (primary N) is 1. The maximum atomic E-state index is 5.57. The Kier molecular flexibility index (Phi) is 2.51. The fraction of sp³-hybridized carbons (Fsp3) is 0.222. The van der Waals surface area contributed by atoms with Crippen molar-refractivity contribution >= 4 is 23.3 Å². The Morgan fingerprint density at radius 2 is 2.27 bits per heavy atom. The number of aromatic nitrogens is 1. The van der Waals surface area contributed by atoms with Crippen LogP contribution in [-0.2, 0) is 0 Å². The Bertz CT molecular complexity index is 428. The summed E-state index contributed by atoms with van der Waals surface area (Å²) in [6, 6.07) is 5.74. The number of nitrogens with zero attached hydrogens (tertiary/aromatic N) is 2. The maximum Gasteiger partial charge on any atom is 0.197 e. The third-order valence-electron chi connectivity index (χ3n) is 1.97. The number of thiocarbonyl (C=S) groups is 1. The smallest absolute Gasteiger partial charge is 0.197 e. The van der Waals surface area contributed by atoms with E-state index in [0.717, 1.165) is 11.4 Å². The molecule has 1 aliphatic heterocycles. The average Bonchev–Trinajstić information content (AvgIpc) is 2.16. The second-order valence-corrected chi connectivity index (χ2v) is 3.63. The lowest BCUT2D eigenvalue weighted by molar-refractivity contribution is 0.638. The lowest BCUT2D eigenvalue weighted by Gasteiger charge is -2.22. The first kappa shape index (κ1) is 9.85. The highest BCUT2D eigenvalue weighted by molar-refractivity contribution is 7.80. The monoisotopic (exact) mass is 221 g/mol. The SMILES string of the molecule is Cc1cccc([C@@H]2N=C(N)NC(=S)N2)n1. The predicted molar refractivity (Wildman–Crippen MR) is 62.2 cm³/mol. The van der Waals surface area contributed by atoms with Gasteiger partial charge in [0.15, 0.2) is 17.2 Å². The van der Waals surface area contributed by atoms with Gasteiger partial charge in [-0.15, -0.1) is 0 Å². The van der Waals surface area contributed by atoms with Gasteiger partial charge in [0.2, 0.25) is 0 Å². The molecule has 6 heteroatoms. The summed E-state index contributed by atoms with van der Waals surface area (Å²) in [5, 5.41) is 6.16. The van der Waals surface area contributed by atoms with Crippen molar-refractivity contribution in [2.75, 3.05) is 0 Å². The van der Waals surface area contributed by atoms with Crippen LogP contribution in [0.15, 0.2) is 23.2 Å². The number of pyridine rings is 1. The lowest BCUT2D eigenvalue weighted by atomic mass is 10.2. The molecule has 5 nitrogen and oxygen atoms in total. The van der Waals surface area contributed by atoms with Gasteiger partial charge < -0.3 is 16.4 Å². The molecule has 1 aromatic rings. The van der Waals surface area contributed by atoms with E-state index in [-0.39, 0.29) is 6.17 Å². The number of guanidine groups is 1. The molecule has 4 N–H and O–H groups in total. The van der Waals surface area contributed by atoms with Crippen molar-refractivity contribution in [3.63, 3.8) is 0 Å². The largest absolute Gasteiger partial charge is 0.370 e. The molecule has 0 fully saturated rings. The van der Waals surface area contributed by atoms with Crippen molar-refractivity contribution in [2.45, 2.75) is 13.1 Å². The van der Waals surface area contributed by atoms with E-state index >= 15 is 0 Å². The molecular weight excluding hydrogens is 210 g/mol. The zero-order chi connectivity index (χ0) is 10.8. The number of nitrogens with one attached hydrogen (secondary N) is 2. The minimum absolute atomic E-state index is 0.293. The van der Waals surface area contributed by atoms with Gasteiger partial charge in [0.25, 0.3) is 0 Å². The summed E-state index contributed by atoms with van der Waals surface area (Å²) < 4.78 is 0. The molecule has 0 radical (unpaired) electrons. The zero-order valence-electron chi connectivity index (χ0n) is 8.19. The van der Waals surface area contributed by atoms with Gasteiger partial charge in [0.05, 0.1) is 5.69 Å². The second-order valence-electron chi connectivity index (χ2n) is 3.22. The Morgan fingerprint density at radius 1 is 1.47 bits per heavy atom. The van der Waals surface area contributed by atoms with Crippen LogP contribution in [0.25, 0.3) is 0 Å². The van der Waals surface area contributed by atoms with Crippen LogP contribution >= 0.6 is 12.2 Å². The molecule has 2 rings (SSSR count). The molecule has 0 aromatic carbocycles. The molecule has 15 heavy (non-hydrogen) atoms. The highest BCUT2D eigenvalue weighted by atomic mass is 32.1. The Hall–Kier alpha value is -1.69. The molecule has 0 bridgehead atoms. The van der Waals surface area contributed by atoms with E-state index < -0.39 is 0 Å². The molecule has 0 aliphatic carbocycles. The van der Waals surface area contributed by atoms with E-state index in [4.69, 9.17) is 18.0 Å². The molecule has 0 amide bonds. The Balaban J connectivity index is 2.31. The van der Waals surface area contributed by atoms with Crippen LogP contribution in [0.5, 0.6) is 0 Å². The molecule has 2 heterocycles. The van der Waals surface area contributed by atoms with Gasteiger partial charge in [-0.1, -0.05) is 6.07 Å². The van der Waals surface area contributed by atoms with Gasteiger partial charge in [-0.3, -0.25) is 4.98 Å². The van der Waals surface area contributed by atoms with E-state index in [0.29, 0.717) is 11.1 Å². The minimum Gasteiger partial charge on any atom is -0.370 e. The van der Waals surface area contributed by atoms with Gasteiger partial charge in [0, 0.05) is 5.69 Å². The summed E-state index contributed by atoms with van der Waals surface area (Å²) in [7, 11) is 0. The van der Waals surface area contributed by atoms with Crippen LogP contribution in [-0.4, -0.2) is 16.1 Å². The predicted octanol–water partition coefficient (Wildman–Crippen LogP) is 0.181. The molecular formula is C9H11N5S. The van der Waals surface area contributed by atoms with Gasteiger partial charge in [0.1, 0.15) is 0 Å². The number of aliphatic imine (C=N–C) groups is 1. The number of hydrogen-bond acceptors (Lipinski definition) is 4. The first-order valence-corrected chi connectivity index (χ1v) is 4.90. The Labute approximate surface area is 92.8 Å². The fourth-order valence-corrected chi connectivity index (χ4v) is 1.55. The van der Waals surface area contributed by atoms with Crippen LogP contribution in [0.2, 0.25) is 0 Å². The van der Waals surface area contributed by atoms with Crippen LogP contribution < -0.4 is 16.4 Å². The van der Waals surface area contributed by atoms with Crippen molar-refractivity contribution in [3.05, 3.63) is 29.6 Å². The molecule has 1 aliphatic rings. The quantitative estimate of drug-likeness (QED) is 0.590. The van der Waals surface area contributed by atoms with Gasteiger partial charge in [-0.25, -0.2) is 4.99 Å². The zero-order valence-corrected chi connectivity index (χ0v) is 9.01. The topological polar surface area (TPSA) is 75.3 Å². The van der Waals surface area contributed by atoms with Gasteiger partial charge in [-0.05, 0) is 31.3 Å². The molecule has 0 spiro atoms. The second kappa shape index (κ2) is 3.82. The highest BCUT2D eigenvalue weighted by Gasteiger charge is 2.18. The van der Waals surface area contributed by atoms with Crippen molar-refractivity contribution < 1.29 is 0 Å². The Morgan fingerprint density at radius 3 is 2.93 bits per heavy atom. The maximum absolute atomic E-state index is 5.57. The summed E-state index contributed by atoms with van der Waals surface area (Å²) in [6.45, 7) is 1.93. The van der Waals surface area contributed by atoms with Crippen LogP contribution in [0.3, 0.4) is 0 Å². The van der Waals surface area contributed by atoms with E-state index in [2.05, 4.69) is 20.6 Å². The fourth-order valence-electron chi connectivity index (χ4n) is 1.34. The third kappa shape index (κ3) is 2.21. The first-order valence-electron chi connectivity index (χ1n) is 4.49. The average molecular weight is 221 g/mol. The van der Waals surface area contributed by atoms with Crippen molar-refractivity contribution in [1.82, 2.24) is 15.6 Å². The van der Waals surface area contributed by atoms with E-state index in [1.165, 1.54) is 0 Å². The molecule has 0 saturated carbocycles. The lowest BCUT2D eigenvalue weighted by Crippen LogP contribution is -2.49. The summed E-state index contributed by atoms with van der Waals surface area (Å²) in [6.07, 6.45) is -0.293. The van der Waals surface area contributed by atoms with Gasteiger partial charge >= 0.3 is 0 Å². The van der Waals surface area contributed by atoms with E-state index in [1.807, 2.05) is 25.1 Å². The van der Waals surface area contributed by atoms with Crippen LogP contribution in [0.1, 0.15) is 17.6 Å². The summed E-state index contributed by atoms with van der Waals surface area (Å²) in [5.41, 5.74) is 7.32. The summed E-state index contributed by atoms with van der Waals surface area (Å²) in [5.74, 6) is 0.312. The molecule has 1 atom stereocenters. The summed E-state index contributed by atoms with van der Waals surface area (Å²) >= 11 is 4.98. The standard InChI is InChI=1S/C9H11N5S/c1-5-3-2-4-6(11-5)7-12-8(10)14-9(15)13-7/h2-4,7H,1H3,(H4,10,12,13,14,15)/t7-/m1/s1. The third-order valence-corrected chi connectivity index (χ3v) is 2.19. The summed E-state index contributed by atoms with van der Waals surface area (Å²) in [4.78, 5) is 8.52. The number of aryl methyl sites for hydroxylation is 1. The molecule has 78 valence electrons. The van der Waals surface area contributed by atoms with E-state index in [9.17, 15) is 0 Å². The number of hydrogen-bond donors (Lipinski definition) is 3. The van der Waals surface area contributed by atoms with Gasteiger partial charge in [-0.2, -0.15) is 0 Å². The van der Waals surface area contributed by atoms with Crippen LogP contribution in [0, 0.1) is 6.92 Å². The first-order chi connectivity index (χ1) is 7.15. The highest BCUT2D eigenvalue weighted by Crippen LogP contribution is 2.13. The van der Waals surface area contributed by atoms with Crippen molar-refractivity contribution in [1.29, 1.82) is 0 Å². The molecule has 1 aromatic heterocycles. The van der Waals surface area contributed by atoms with E-state index in [1.54, 1.807) is 0 Å². The minimum atomic E-state index is -0.293. The van der Waals surface area contributed by atoms with Crippen molar-refractivity contribution in [3.8, 4) is 0 Å².